The number of carboxylic acid groups (broad SMARTS) is 1. The highest BCUT2D eigenvalue weighted by Crippen LogP contribution is 2.31. The molecular formula is C13H10O3S. The Morgan fingerprint density at radius 3 is 2.29 bits per heavy atom. The number of aromatic carboxylic acids is 1. The van der Waals surface area contributed by atoms with E-state index in [1.165, 1.54) is 11.8 Å². The quantitative estimate of drug-likeness (QED) is 0.872. The Kier molecular flexibility index (Phi) is 3.35. The van der Waals surface area contributed by atoms with E-state index in [-0.39, 0.29) is 11.3 Å². The maximum atomic E-state index is 11.0. The van der Waals surface area contributed by atoms with Crippen molar-refractivity contribution in [3.05, 3.63) is 54.1 Å². The van der Waals surface area contributed by atoms with Gasteiger partial charge in [-0.1, -0.05) is 23.9 Å². The van der Waals surface area contributed by atoms with Crippen LogP contribution < -0.4 is 0 Å². The van der Waals surface area contributed by atoms with Crippen LogP contribution in [0.5, 0.6) is 5.75 Å². The van der Waals surface area contributed by atoms with Gasteiger partial charge in [-0.3, -0.25) is 0 Å². The Hall–Kier alpha value is -1.94. The van der Waals surface area contributed by atoms with Crippen LogP contribution in [0.4, 0.5) is 0 Å². The Bertz CT molecular complexity index is 535. The first-order valence-corrected chi connectivity index (χ1v) is 5.77. The van der Waals surface area contributed by atoms with E-state index < -0.39 is 5.97 Å². The van der Waals surface area contributed by atoms with Gasteiger partial charge in [-0.05, 0) is 36.4 Å². The highest BCUT2D eigenvalue weighted by molar-refractivity contribution is 7.99. The van der Waals surface area contributed by atoms with Gasteiger partial charge in [0.05, 0.1) is 5.56 Å². The van der Waals surface area contributed by atoms with Crippen molar-refractivity contribution in [3.63, 3.8) is 0 Å². The summed E-state index contributed by atoms with van der Waals surface area (Å²) < 4.78 is 0. The van der Waals surface area contributed by atoms with Gasteiger partial charge >= 0.3 is 5.97 Å². The number of carboxylic acids is 1. The average Bonchev–Trinajstić information content (AvgIpc) is 2.32. The molecule has 17 heavy (non-hydrogen) atoms. The zero-order valence-electron chi connectivity index (χ0n) is 8.83. The van der Waals surface area contributed by atoms with Crippen LogP contribution in [0.25, 0.3) is 0 Å². The smallest absolute Gasteiger partial charge is 0.336 e. The van der Waals surface area contributed by atoms with Crippen LogP contribution in [0.3, 0.4) is 0 Å². The second kappa shape index (κ2) is 4.93. The summed E-state index contributed by atoms with van der Waals surface area (Å²) in [6.07, 6.45) is 0. The van der Waals surface area contributed by atoms with Crippen molar-refractivity contribution in [2.75, 3.05) is 0 Å². The summed E-state index contributed by atoms with van der Waals surface area (Å²) in [4.78, 5) is 12.6. The number of hydrogen-bond acceptors (Lipinski definition) is 3. The van der Waals surface area contributed by atoms with Crippen LogP contribution in [0.15, 0.2) is 58.3 Å². The molecule has 0 saturated heterocycles. The molecule has 0 aliphatic heterocycles. The van der Waals surface area contributed by atoms with E-state index in [1.807, 2.05) is 0 Å². The molecule has 0 atom stereocenters. The lowest BCUT2D eigenvalue weighted by Crippen LogP contribution is -1.97. The molecule has 0 aromatic heterocycles. The van der Waals surface area contributed by atoms with Crippen molar-refractivity contribution in [2.24, 2.45) is 0 Å². The second-order valence-corrected chi connectivity index (χ2v) is 4.51. The maximum absolute atomic E-state index is 11.0. The molecule has 0 bridgehead atoms. The molecule has 0 saturated carbocycles. The molecule has 0 radical (unpaired) electrons. The molecule has 2 rings (SSSR count). The zero-order chi connectivity index (χ0) is 12.3. The fourth-order valence-electron chi connectivity index (χ4n) is 1.37. The van der Waals surface area contributed by atoms with E-state index in [9.17, 15) is 4.79 Å². The third-order valence-electron chi connectivity index (χ3n) is 2.18. The van der Waals surface area contributed by atoms with Gasteiger partial charge in [0.1, 0.15) is 5.75 Å². The Labute approximate surface area is 103 Å². The molecular weight excluding hydrogens is 236 g/mol. The first-order valence-electron chi connectivity index (χ1n) is 4.96. The topological polar surface area (TPSA) is 57.5 Å². The van der Waals surface area contributed by atoms with Crippen LogP contribution in [-0.4, -0.2) is 16.2 Å². The molecule has 2 N–H and O–H groups in total. The Morgan fingerprint density at radius 1 is 1.00 bits per heavy atom. The fraction of sp³-hybridized carbons (Fsp3) is 0. The van der Waals surface area contributed by atoms with Crippen LogP contribution in [0.1, 0.15) is 10.4 Å². The molecule has 3 nitrogen and oxygen atoms in total. The van der Waals surface area contributed by atoms with Crippen LogP contribution in [0, 0.1) is 0 Å². The minimum atomic E-state index is -0.938. The number of rotatable bonds is 3. The van der Waals surface area contributed by atoms with Crippen LogP contribution in [-0.2, 0) is 0 Å². The number of benzene rings is 2. The van der Waals surface area contributed by atoms with Crippen molar-refractivity contribution in [1.82, 2.24) is 0 Å². The van der Waals surface area contributed by atoms with Gasteiger partial charge < -0.3 is 10.2 Å². The van der Waals surface area contributed by atoms with Crippen LogP contribution >= 0.6 is 11.8 Å². The third-order valence-corrected chi connectivity index (χ3v) is 3.27. The first kappa shape index (κ1) is 11.5. The third kappa shape index (κ3) is 2.79. The molecule has 0 aliphatic carbocycles. The highest BCUT2D eigenvalue weighted by atomic mass is 32.2. The lowest BCUT2D eigenvalue weighted by atomic mass is 10.2. The number of phenols is 1. The minimum absolute atomic E-state index is 0.195. The maximum Gasteiger partial charge on any atom is 0.336 e. The normalized spacial score (nSPS) is 10.1. The van der Waals surface area contributed by atoms with Crippen LogP contribution in [0.2, 0.25) is 0 Å². The summed E-state index contributed by atoms with van der Waals surface area (Å²) in [5.41, 5.74) is 0.283. The fourth-order valence-corrected chi connectivity index (χ4v) is 2.31. The SMILES string of the molecule is O=C(O)c1ccccc1Sc1ccc(O)cc1. The van der Waals surface area contributed by atoms with Gasteiger partial charge in [-0.15, -0.1) is 0 Å². The number of aromatic hydroxyl groups is 1. The van der Waals surface area contributed by atoms with E-state index in [4.69, 9.17) is 10.2 Å². The largest absolute Gasteiger partial charge is 0.508 e. The van der Waals surface area contributed by atoms with Crippen molar-refractivity contribution >= 4 is 17.7 Å². The van der Waals surface area contributed by atoms with Gasteiger partial charge in [0.2, 0.25) is 0 Å². The van der Waals surface area contributed by atoms with Crippen molar-refractivity contribution in [3.8, 4) is 5.75 Å². The lowest BCUT2D eigenvalue weighted by Gasteiger charge is -2.05. The van der Waals surface area contributed by atoms with Gasteiger partial charge in [-0.25, -0.2) is 4.79 Å². The van der Waals surface area contributed by atoms with Gasteiger partial charge in [0.15, 0.2) is 0 Å². The summed E-state index contributed by atoms with van der Waals surface area (Å²) in [5, 5.41) is 18.2. The predicted molar refractivity (Wildman–Crippen MR) is 65.6 cm³/mol. The standard InChI is InChI=1S/C13H10O3S/c14-9-5-7-10(8-6-9)17-12-4-2-1-3-11(12)13(15)16/h1-8,14H,(H,15,16). The predicted octanol–water partition coefficient (Wildman–Crippen LogP) is 3.24. The Morgan fingerprint density at radius 2 is 1.65 bits per heavy atom. The number of phenolic OH excluding ortho intramolecular Hbond substituents is 1. The van der Waals surface area contributed by atoms with Crippen molar-refractivity contribution < 1.29 is 15.0 Å². The second-order valence-electron chi connectivity index (χ2n) is 3.40. The molecule has 86 valence electrons. The Balaban J connectivity index is 2.30. The molecule has 4 heteroatoms. The number of hydrogen-bond donors (Lipinski definition) is 2. The molecule has 0 spiro atoms. The first-order chi connectivity index (χ1) is 8.16. The molecule has 0 amide bonds. The average molecular weight is 246 g/mol. The molecule has 0 fully saturated rings. The zero-order valence-corrected chi connectivity index (χ0v) is 9.65. The van der Waals surface area contributed by atoms with Gasteiger partial charge in [0.25, 0.3) is 0 Å². The summed E-state index contributed by atoms with van der Waals surface area (Å²) in [7, 11) is 0. The van der Waals surface area contributed by atoms with E-state index >= 15 is 0 Å². The molecule has 0 heterocycles. The van der Waals surface area contributed by atoms with Crippen molar-refractivity contribution in [2.45, 2.75) is 9.79 Å². The molecule has 2 aromatic rings. The van der Waals surface area contributed by atoms with Gasteiger partial charge in [0, 0.05) is 9.79 Å². The summed E-state index contributed by atoms with van der Waals surface area (Å²) >= 11 is 1.36. The summed E-state index contributed by atoms with van der Waals surface area (Å²) in [6.45, 7) is 0. The molecule has 0 aliphatic rings. The monoisotopic (exact) mass is 246 g/mol. The van der Waals surface area contributed by atoms with E-state index in [2.05, 4.69) is 0 Å². The molecule has 0 unspecified atom stereocenters. The van der Waals surface area contributed by atoms with Gasteiger partial charge in [-0.2, -0.15) is 0 Å². The summed E-state index contributed by atoms with van der Waals surface area (Å²) in [6, 6.07) is 13.5. The van der Waals surface area contributed by atoms with E-state index in [0.29, 0.717) is 4.90 Å². The number of carbonyl (C=O) groups is 1. The van der Waals surface area contributed by atoms with E-state index in [0.717, 1.165) is 4.90 Å². The summed E-state index contributed by atoms with van der Waals surface area (Å²) in [5.74, 6) is -0.743. The lowest BCUT2D eigenvalue weighted by molar-refractivity contribution is 0.0693. The van der Waals surface area contributed by atoms with E-state index in [1.54, 1.807) is 48.5 Å². The minimum Gasteiger partial charge on any atom is -0.508 e. The highest BCUT2D eigenvalue weighted by Gasteiger charge is 2.09. The van der Waals surface area contributed by atoms with Crippen molar-refractivity contribution in [1.29, 1.82) is 0 Å². The molecule has 2 aromatic carbocycles.